The van der Waals surface area contributed by atoms with Crippen molar-refractivity contribution in [3.05, 3.63) is 0 Å². The highest BCUT2D eigenvalue weighted by molar-refractivity contribution is 5.73. The van der Waals surface area contributed by atoms with Gasteiger partial charge in [-0.1, -0.05) is 0 Å². The van der Waals surface area contributed by atoms with Gasteiger partial charge in [-0.25, -0.2) is 0 Å². The summed E-state index contributed by atoms with van der Waals surface area (Å²) < 4.78 is 20.9. The van der Waals surface area contributed by atoms with Crippen LogP contribution in [-0.2, 0) is 23.7 Å². The molecule has 1 amide bonds. The summed E-state index contributed by atoms with van der Waals surface area (Å²) in [7, 11) is 4.44. The van der Waals surface area contributed by atoms with Gasteiger partial charge in [0.1, 0.15) is 24.4 Å². The lowest BCUT2D eigenvalue weighted by molar-refractivity contribution is -0.267. The van der Waals surface area contributed by atoms with Gasteiger partial charge in [-0.15, -0.1) is 0 Å². The molecular weight excluding hydrogens is 242 g/mol. The van der Waals surface area contributed by atoms with Crippen LogP contribution in [0.4, 0.5) is 0 Å². The van der Waals surface area contributed by atoms with Crippen LogP contribution in [0, 0.1) is 0 Å². The van der Waals surface area contributed by atoms with Crippen molar-refractivity contribution in [2.45, 2.75) is 37.6 Å². The second-order valence-electron chi connectivity index (χ2n) is 4.15. The Kier molecular flexibility index (Phi) is 5.97. The van der Waals surface area contributed by atoms with Gasteiger partial charge in [0.15, 0.2) is 6.29 Å². The van der Waals surface area contributed by atoms with E-state index in [-0.39, 0.29) is 12.5 Å². The number of methoxy groups -OCH3 is 3. The van der Waals surface area contributed by atoms with E-state index in [2.05, 4.69) is 5.32 Å². The van der Waals surface area contributed by atoms with Gasteiger partial charge >= 0.3 is 0 Å². The van der Waals surface area contributed by atoms with Gasteiger partial charge in [0.25, 0.3) is 0 Å². The normalized spacial score (nSPS) is 36.4. The Labute approximate surface area is 106 Å². The topological polar surface area (TPSA) is 86.2 Å². The van der Waals surface area contributed by atoms with Gasteiger partial charge in [0, 0.05) is 28.3 Å². The second-order valence-corrected chi connectivity index (χ2v) is 4.15. The number of aliphatic hydroxyl groups excluding tert-OH is 1. The molecule has 18 heavy (non-hydrogen) atoms. The van der Waals surface area contributed by atoms with Crippen molar-refractivity contribution < 1.29 is 28.8 Å². The number of nitrogens with one attached hydrogen (secondary N) is 1. The Morgan fingerprint density at radius 3 is 2.44 bits per heavy atom. The van der Waals surface area contributed by atoms with Crippen LogP contribution in [0.5, 0.6) is 0 Å². The molecule has 0 aromatic heterocycles. The van der Waals surface area contributed by atoms with E-state index < -0.39 is 30.6 Å². The van der Waals surface area contributed by atoms with E-state index in [4.69, 9.17) is 18.9 Å². The molecule has 7 heteroatoms. The molecule has 0 spiro atoms. The highest BCUT2D eigenvalue weighted by Crippen LogP contribution is 2.24. The molecule has 1 aliphatic heterocycles. The van der Waals surface area contributed by atoms with E-state index >= 15 is 0 Å². The van der Waals surface area contributed by atoms with Crippen molar-refractivity contribution in [2.75, 3.05) is 27.9 Å². The van der Waals surface area contributed by atoms with Crippen molar-refractivity contribution >= 4 is 5.91 Å². The Bertz CT molecular complexity index is 274. The second kappa shape index (κ2) is 7.01. The van der Waals surface area contributed by atoms with Crippen molar-refractivity contribution in [3.8, 4) is 0 Å². The minimum absolute atomic E-state index is 0.216. The molecule has 0 radical (unpaired) electrons. The summed E-state index contributed by atoms with van der Waals surface area (Å²) in [6.07, 6.45) is -2.77. The predicted octanol–water partition coefficient (Wildman–Crippen LogP) is -1.12. The minimum Gasteiger partial charge on any atom is -0.388 e. The van der Waals surface area contributed by atoms with Crippen molar-refractivity contribution in [3.63, 3.8) is 0 Å². The lowest BCUT2D eigenvalue weighted by atomic mass is 9.96. The Hall–Kier alpha value is -0.730. The van der Waals surface area contributed by atoms with Crippen LogP contribution in [0.15, 0.2) is 0 Å². The Morgan fingerprint density at radius 1 is 1.33 bits per heavy atom. The first kappa shape index (κ1) is 15.3. The van der Waals surface area contributed by atoms with E-state index in [9.17, 15) is 9.90 Å². The minimum atomic E-state index is -0.904. The number of hydrogen-bond donors (Lipinski definition) is 2. The molecule has 0 aromatic carbocycles. The highest BCUT2D eigenvalue weighted by Gasteiger charge is 2.46. The summed E-state index contributed by atoms with van der Waals surface area (Å²) in [5, 5.41) is 12.8. The zero-order chi connectivity index (χ0) is 13.7. The van der Waals surface area contributed by atoms with Crippen LogP contribution in [0.2, 0.25) is 0 Å². The molecule has 0 bridgehead atoms. The van der Waals surface area contributed by atoms with Gasteiger partial charge < -0.3 is 29.4 Å². The third-order valence-electron chi connectivity index (χ3n) is 2.88. The molecule has 106 valence electrons. The lowest BCUT2D eigenvalue weighted by Crippen LogP contribution is -2.65. The molecule has 0 aromatic rings. The Balaban J connectivity index is 2.84. The van der Waals surface area contributed by atoms with Crippen LogP contribution in [0.3, 0.4) is 0 Å². The first-order valence-corrected chi connectivity index (χ1v) is 5.70. The molecule has 1 fully saturated rings. The average Bonchev–Trinajstić information content (AvgIpc) is 2.32. The number of amides is 1. The van der Waals surface area contributed by atoms with Crippen LogP contribution in [0.25, 0.3) is 0 Å². The molecule has 0 saturated carbocycles. The van der Waals surface area contributed by atoms with Crippen LogP contribution >= 0.6 is 0 Å². The molecule has 2 N–H and O–H groups in total. The fraction of sp³-hybridized carbons (Fsp3) is 0.909. The number of carbonyl (C=O) groups excluding carboxylic acids is 1. The van der Waals surface area contributed by atoms with E-state index in [0.717, 1.165) is 0 Å². The van der Waals surface area contributed by atoms with Gasteiger partial charge in [0.05, 0.1) is 6.61 Å². The first-order valence-electron chi connectivity index (χ1n) is 5.70. The molecule has 1 rings (SSSR count). The van der Waals surface area contributed by atoms with E-state index in [1.165, 1.54) is 28.3 Å². The maximum Gasteiger partial charge on any atom is 0.217 e. The van der Waals surface area contributed by atoms with Gasteiger partial charge in [-0.05, 0) is 0 Å². The summed E-state index contributed by atoms with van der Waals surface area (Å²) in [5.74, 6) is -0.245. The van der Waals surface area contributed by atoms with Gasteiger partial charge in [0.2, 0.25) is 5.91 Å². The molecule has 0 unspecified atom stereocenters. The number of rotatable bonds is 5. The maximum absolute atomic E-state index is 11.2. The number of hydrogen-bond acceptors (Lipinski definition) is 6. The third-order valence-corrected chi connectivity index (χ3v) is 2.88. The lowest BCUT2D eigenvalue weighted by Gasteiger charge is -2.43. The van der Waals surface area contributed by atoms with Crippen molar-refractivity contribution in [1.82, 2.24) is 5.32 Å². The smallest absolute Gasteiger partial charge is 0.217 e. The van der Waals surface area contributed by atoms with Gasteiger partial charge in [-0.3, -0.25) is 4.79 Å². The summed E-state index contributed by atoms with van der Waals surface area (Å²) in [6.45, 7) is 1.60. The van der Waals surface area contributed by atoms with E-state index in [1.807, 2.05) is 0 Å². The number of ether oxygens (including phenoxy) is 4. The molecule has 7 nitrogen and oxygen atoms in total. The number of aliphatic hydroxyl groups is 1. The quantitative estimate of drug-likeness (QED) is 0.654. The summed E-state index contributed by atoms with van der Waals surface area (Å²) >= 11 is 0. The molecule has 1 aliphatic rings. The van der Waals surface area contributed by atoms with Crippen molar-refractivity contribution in [1.29, 1.82) is 0 Å². The molecule has 0 aliphatic carbocycles. The summed E-state index contributed by atoms with van der Waals surface area (Å²) in [5.41, 5.74) is 0. The van der Waals surface area contributed by atoms with Crippen LogP contribution in [-0.4, -0.2) is 69.6 Å². The largest absolute Gasteiger partial charge is 0.388 e. The maximum atomic E-state index is 11.2. The van der Waals surface area contributed by atoms with Crippen LogP contribution in [0.1, 0.15) is 6.92 Å². The van der Waals surface area contributed by atoms with Crippen LogP contribution < -0.4 is 5.32 Å². The van der Waals surface area contributed by atoms with E-state index in [1.54, 1.807) is 0 Å². The standard InChI is InChI=1S/C11H21NO6/c1-6(13)12-8-10(16-3)9(14)7(5-15-2)18-11(8)17-4/h7-11,14H,5H2,1-4H3,(H,12,13)/t7-,8+,9-,10-,11-/m0/s1. The Morgan fingerprint density at radius 2 is 2.00 bits per heavy atom. The summed E-state index contributed by atoms with van der Waals surface area (Å²) in [6, 6.07) is -0.569. The third kappa shape index (κ3) is 3.39. The number of carbonyl (C=O) groups is 1. The molecular formula is C11H21NO6. The molecule has 1 saturated heterocycles. The zero-order valence-electron chi connectivity index (χ0n) is 11.1. The SMILES string of the molecule is COC[C@@H]1O[C@H](OC)[C@H](NC(C)=O)[C@H](OC)[C@H]1O. The highest BCUT2D eigenvalue weighted by atomic mass is 16.7. The predicted molar refractivity (Wildman–Crippen MR) is 62.0 cm³/mol. The first-order chi connectivity index (χ1) is 8.54. The fourth-order valence-corrected chi connectivity index (χ4v) is 2.09. The zero-order valence-corrected chi connectivity index (χ0v) is 11.1. The van der Waals surface area contributed by atoms with Gasteiger partial charge in [-0.2, -0.15) is 0 Å². The monoisotopic (exact) mass is 263 g/mol. The summed E-state index contributed by atoms with van der Waals surface area (Å²) in [4.78, 5) is 11.2. The molecule has 1 heterocycles. The van der Waals surface area contributed by atoms with Crippen molar-refractivity contribution in [2.24, 2.45) is 0 Å². The fourth-order valence-electron chi connectivity index (χ4n) is 2.09. The van der Waals surface area contributed by atoms with E-state index in [0.29, 0.717) is 0 Å². The average molecular weight is 263 g/mol. The molecule has 5 atom stereocenters.